The number of amides is 2. The Hall–Kier alpha value is -1.88. The van der Waals surface area contributed by atoms with Gasteiger partial charge in [-0.15, -0.1) is 0 Å². The lowest BCUT2D eigenvalue weighted by Crippen LogP contribution is -2.38. The number of imide groups is 1. The summed E-state index contributed by atoms with van der Waals surface area (Å²) in [5.41, 5.74) is 0.569. The van der Waals surface area contributed by atoms with Crippen molar-refractivity contribution in [3.63, 3.8) is 0 Å². The fraction of sp³-hybridized carbons (Fsp3) is 0.412. The molecular weight excluding hydrogens is 319 g/mol. The Bertz CT molecular complexity index is 666. The van der Waals surface area contributed by atoms with Crippen LogP contribution in [0.3, 0.4) is 0 Å². The summed E-state index contributed by atoms with van der Waals surface area (Å²) in [6, 6.07) is 5.45. The average Bonchev–Trinajstić information content (AvgIpc) is 2.78. The first-order valence-electron chi connectivity index (χ1n) is 7.77. The van der Waals surface area contributed by atoms with Crippen molar-refractivity contribution in [1.82, 2.24) is 4.90 Å². The number of carbonyl (C=O) groups excluding carboxylic acids is 2. The van der Waals surface area contributed by atoms with Gasteiger partial charge in [-0.25, -0.2) is 9.29 Å². The van der Waals surface area contributed by atoms with E-state index in [0.717, 1.165) is 30.6 Å². The second kappa shape index (κ2) is 6.32. The highest BCUT2D eigenvalue weighted by atomic mass is 35.5. The van der Waals surface area contributed by atoms with E-state index in [1.54, 1.807) is 0 Å². The maximum Gasteiger partial charge on any atom is 0.283 e. The first-order chi connectivity index (χ1) is 11.0. The summed E-state index contributed by atoms with van der Waals surface area (Å²) in [6.07, 6.45) is 5.41. The van der Waals surface area contributed by atoms with Gasteiger partial charge in [0.15, 0.2) is 0 Å². The SMILES string of the molecule is CN(C1=C(Cl)C(=O)N(c2ccc(F)cc2)C1=O)C1CCCCC1. The molecule has 0 atom stereocenters. The van der Waals surface area contributed by atoms with Gasteiger partial charge in [-0.05, 0) is 37.1 Å². The van der Waals surface area contributed by atoms with Crippen LogP contribution in [0.5, 0.6) is 0 Å². The van der Waals surface area contributed by atoms with Crippen molar-refractivity contribution in [2.75, 3.05) is 11.9 Å². The zero-order valence-corrected chi connectivity index (χ0v) is 13.6. The van der Waals surface area contributed by atoms with Gasteiger partial charge in [-0.1, -0.05) is 30.9 Å². The van der Waals surface area contributed by atoms with Crippen molar-refractivity contribution in [2.45, 2.75) is 38.1 Å². The lowest BCUT2D eigenvalue weighted by molar-refractivity contribution is -0.121. The first-order valence-corrected chi connectivity index (χ1v) is 8.15. The fourth-order valence-electron chi connectivity index (χ4n) is 3.27. The number of halogens is 2. The Labute approximate surface area is 139 Å². The van der Waals surface area contributed by atoms with Crippen LogP contribution in [-0.2, 0) is 9.59 Å². The highest BCUT2D eigenvalue weighted by molar-refractivity contribution is 6.52. The molecule has 0 saturated heterocycles. The summed E-state index contributed by atoms with van der Waals surface area (Å²) in [5.74, 6) is -1.42. The minimum atomic E-state index is -0.555. The summed E-state index contributed by atoms with van der Waals surface area (Å²) in [7, 11) is 1.81. The lowest BCUT2D eigenvalue weighted by atomic mass is 9.94. The number of hydrogen-bond donors (Lipinski definition) is 0. The van der Waals surface area contributed by atoms with E-state index in [2.05, 4.69) is 0 Å². The largest absolute Gasteiger partial charge is 0.366 e. The number of benzene rings is 1. The molecule has 6 heteroatoms. The van der Waals surface area contributed by atoms with Gasteiger partial charge in [-0.3, -0.25) is 9.59 Å². The van der Waals surface area contributed by atoms with Gasteiger partial charge in [0, 0.05) is 13.1 Å². The van der Waals surface area contributed by atoms with Gasteiger partial charge in [0.25, 0.3) is 11.8 Å². The van der Waals surface area contributed by atoms with Crippen LogP contribution in [-0.4, -0.2) is 29.8 Å². The Kier molecular flexibility index (Phi) is 4.39. The number of likely N-dealkylation sites (N-methyl/N-ethyl adjacent to an activating group) is 1. The van der Waals surface area contributed by atoms with Crippen LogP contribution >= 0.6 is 11.6 Å². The van der Waals surface area contributed by atoms with E-state index < -0.39 is 17.6 Å². The molecule has 0 N–H and O–H groups in total. The highest BCUT2D eigenvalue weighted by Gasteiger charge is 2.41. The predicted octanol–water partition coefficient (Wildman–Crippen LogP) is 3.41. The van der Waals surface area contributed by atoms with E-state index >= 15 is 0 Å². The van der Waals surface area contributed by atoms with E-state index in [4.69, 9.17) is 11.6 Å². The lowest BCUT2D eigenvalue weighted by Gasteiger charge is -2.33. The quantitative estimate of drug-likeness (QED) is 0.794. The van der Waals surface area contributed by atoms with Crippen molar-refractivity contribution in [3.8, 4) is 0 Å². The molecule has 4 nitrogen and oxygen atoms in total. The molecule has 2 aliphatic rings. The molecule has 0 bridgehead atoms. The Morgan fingerprint density at radius 1 is 1.09 bits per heavy atom. The Morgan fingerprint density at radius 2 is 1.70 bits per heavy atom. The van der Waals surface area contributed by atoms with Gasteiger partial charge in [-0.2, -0.15) is 0 Å². The van der Waals surface area contributed by atoms with Crippen molar-refractivity contribution in [2.24, 2.45) is 0 Å². The van der Waals surface area contributed by atoms with Gasteiger partial charge in [0.2, 0.25) is 0 Å². The number of anilines is 1. The molecular formula is C17H18ClFN2O2. The summed E-state index contributed by atoms with van der Waals surface area (Å²) < 4.78 is 13.1. The molecule has 0 unspecified atom stereocenters. The number of nitrogens with zero attached hydrogens (tertiary/aromatic N) is 2. The minimum absolute atomic E-state index is 0.0626. The van der Waals surface area contributed by atoms with Crippen LogP contribution in [0.1, 0.15) is 32.1 Å². The van der Waals surface area contributed by atoms with Gasteiger partial charge in [0.1, 0.15) is 16.5 Å². The van der Waals surface area contributed by atoms with Crippen LogP contribution in [0.4, 0.5) is 10.1 Å². The first kappa shape index (κ1) is 16.0. The molecule has 122 valence electrons. The van der Waals surface area contributed by atoms with E-state index in [0.29, 0.717) is 5.69 Å². The molecule has 1 heterocycles. The predicted molar refractivity (Wildman–Crippen MR) is 86.4 cm³/mol. The molecule has 23 heavy (non-hydrogen) atoms. The molecule has 3 rings (SSSR count). The van der Waals surface area contributed by atoms with E-state index in [-0.39, 0.29) is 16.8 Å². The van der Waals surface area contributed by atoms with Crippen molar-refractivity contribution < 1.29 is 14.0 Å². The molecule has 1 aliphatic carbocycles. The third-order valence-corrected chi connectivity index (χ3v) is 4.91. The molecule has 1 fully saturated rings. The van der Waals surface area contributed by atoms with E-state index in [1.807, 2.05) is 11.9 Å². The topological polar surface area (TPSA) is 40.6 Å². The van der Waals surface area contributed by atoms with Gasteiger partial charge < -0.3 is 4.90 Å². The van der Waals surface area contributed by atoms with Crippen molar-refractivity contribution in [1.29, 1.82) is 0 Å². The van der Waals surface area contributed by atoms with Crippen molar-refractivity contribution >= 4 is 29.1 Å². The molecule has 1 aromatic carbocycles. The zero-order chi connectivity index (χ0) is 16.6. The Balaban J connectivity index is 1.88. The van der Waals surface area contributed by atoms with Gasteiger partial charge >= 0.3 is 0 Å². The second-order valence-electron chi connectivity index (χ2n) is 5.99. The maximum atomic E-state index is 13.1. The highest BCUT2D eigenvalue weighted by Crippen LogP contribution is 2.33. The molecule has 2 amide bonds. The monoisotopic (exact) mass is 336 g/mol. The number of rotatable bonds is 3. The third kappa shape index (κ3) is 2.85. The van der Waals surface area contributed by atoms with Crippen LogP contribution < -0.4 is 4.90 Å². The van der Waals surface area contributed by atoms with Crippen LogP contribution in [0, 0.1) is 5.82 Å². The van der Waals surface area contributed by atoms with Crippen LogP contribution in [0.15, 0.2) is 35.0 Å². The number of hydrogen-bond acceptors (Lipinski definition) is 3. The molecule has 0 aromatic heterocycles. The van der Waals surface area contributed by atoms with E-state index in [1.165, 1.54) is 30.7 Å². The fourth-order valence-corrected chi connectivity index (χ4v) is 3.57. The summed E-state index contributed by atoms with van der Waals surface area (Å²) >= 11 is 6.17. The standard InChI is InChI=1S/C17H18ClFN2O2/c1-20(12-5-3-2-4-6-12)15-14(18)16(22)21(17(15)23)13-9-7-11(19)8-10-13/h7-10,12H,2-6H2,1H3. The molecule has 1 saturated carbocycles. The van der Waals surface area contributed by atoms with Crippen LogP contribution in [0.25, 0.3) is 0 Å². The van der Waals surface area contributed by atoms with Crippen LogP contribution in [0.2, 0.25) is 0 Å². The summed E-state index contributed by atoms with van der Waals surface area (Å²) in [6.45, 7) is 0. The maximum absolute atomic E-state index is 13.1. The molecule has 1 aromatic rings. The normalized spacial score (nSPS) is 19.7. The van der Waals surface area contributed by atoms with Gasteiger partial charge in [0.05, 0.1) is 5.69 Å². The smallest absolute Gasteiger partial charge is 0.283 e. The second-order valence-corrected chi connectivity index (χ2v) is 6.37. The van der Waals surface area contributed by atoms with Crippen molar-refractivity contribution in [3.05, 3.63) is 40.8 Å². The molecule has 0 radical (unpaired) electrons. The molecule has 1 aliphatic heterocycles. The zero-order valence-electron chi connectivity index (χ0n) is 12.9. The summed E-state index contributed by atoms with van der Waals surface area (Å²) in [5, 5.41) is -0.0626. The third-order valence-electron chi connectivity index (χ3n) is 4.56. The molecule has 0 spiro atoms. The van der Waals surface area contributed by atoms with E-state index in [9.17, 15) is 14.0 Å². The number of carbonyl (C=O) groups is 2. The summed E-state index contributed by atoms with van der Waals surface area (Å²) in [4.78, 5) is 28.0. The Morgan fingerprint density at radius 3 is 2.30 bits per heavy atom. The average molecular weight is 337 g/mol. The minimum Gasteiger partial charge on any atom is -0.366 e.